The third-order valence-electron chi connectivity index (χ3n) is 4.77. The van der Waals surface area contributed by atoms with Crippen molar-refractivity contribution >= 4 is 22.4 Å². The Kier molecular flexibility index (Phi) is 4.74. The van der Waals surface area contributed by atoms with Gasteiger partial charge in [0.2, 0.25) is 0 Å². The predicted molar refractivity (Wildman–Crippen MR) is 91.2 cm³/mol. The lowest BCUT2D eigenvalue weighted by Gasteiger charge is -2.23. The van der Waals surface area contributed by atoms with Gasteiger partial charge in [0, 0.05) is 5.69 Å². The minimum Gasteiger partial charge on any atom is -0.325 e. The van der Waals surface area contributed by atoms with Crippen LogP contribution in [-0.2, 0) is 4.79 Å². The standard InChI is InChI=1S/C19H24N2O/c1-15(21-12-6-2-3-7-13-21)19(22)20-18-11-10-16-8-4-5-9-17(16)14-18/h4-5,8-11,14-15H,2-3,6-7,12-13H2,1H3,(H,20,22)/p+1/t15-/m1/s1. The zero-order valence-electron chi connectivity index (χ0n) is 13.3. The predicted octanol–water partition coefficient (Wildman–Crippen LogP) is 2.63. The van der Waals surface area contributed by atoms with Gasteiger partial charge in [0.05, 0.1) is 13.1 Å². The van der Waals surface area contributed by atoms with E-state index in [-0.39, 0.29) is 11.9 Å². The van der Waals surface area contributed by atoms with Gasteiger partial charge in [0.25, 0.3) is 5.91 Å². The van der Waals surface area contributed by atoms with Crippen LogP contribution in [0.2, 0.25) is 0 Å². The van der Waals surface area contributed by atoms with Crippen LogP contribution in [0.5, 0.6) is 0 Å². The maximum Gasteiger partial charge on any atom is 0.282 e. The van der Waals surface area contributed by atoms with E-state index in [1.807, 2.05) is 18.2 Å². The number of benzene rings is 2. The molecule has 3 nitrogen and oxygen atoms in total. The summed E-state index contributed by atoms with van der Waals surface area (Å²) in [4.78, 5) is 14.0. The molecule has 116 valence electrons. The Bertz CT molecular complexity index is 645. The molecule has 1 aliphatic rings. The fourth-order valence-electron chi connectivity index (χ4n) is 3.32. The summed E-state index contributed by atoms with van der Waals surface area (Å²) in [6.45, 7) is 4.29. The maximum atomic E-state index is 12.5. The van der Waals surface area contributed by atoms with E-state index in [2.05, 4.69) is 36.5 Å². The third-order valence-corrected chi connectivity index (χ3v) is 4.77. The Hall–Kier alpha value is -1.87. The molecule has 1 fully saturated rings. The third kappa shape index (κ3) is 3.47. The molecule has 0 bridgehead atoms. The fourth-order valence-corrected chi connectivity index (χ4v) is 3.32. The van der Waals surface area contributed by atoms with E-state index >= 15 is 0 Å². The van der Waals surface area contributed by atoms with Crippen LogP contribution in [0.4, 0.5) is 5.69 Å². The normalized spacial score (nSPS) is 17.9. The number of amides is 1. The molecule has 0 unspecified atom stereocenters. The minimum atomic E-state index is 0.0181. The van der Waals surface area contributed by atoms with Crippen LogP contribution in [-0.4, -0.2) is 25.0 Å². The molecule has 1 atom stereocenters. The van der Waals surface area contributed by atoms with E-state index in [4.69, 9.17) is 0 Å². The Morgan fingerprint density at radius 2 is 1.68 bits per heavy atom. The van der Waals surface area contributed by atoms with Crippen LogP contribution >= 0.6 is 0 Å². The SMILES string of the molecule is C[C@H](C(=O)Nc1ccc2ccccc2c1)[NH+]1CCCCCC1. The van der Waals surface area contributed by atoms with E-state index < -0.39 is 0 Å². The smallest absolute Gasteiger partial charge is 0.282 e. The van der Waals surface area contributed by atoms with Gasteiger partial charge in [-0.25, -0.2) is 0 Å². The monoisotopic (exact) mass is 297 g/mol. The van der Waals surface area contributed by atoms with Crippen molar-refractivity contribution in [3.05, 3.63) is 42.5 Å². The number of rotatable bonds is 3. The van der Waals surface area contributed by atoms with Crippen LogP contribution < -0.4 is 10.2 Å². The highest BCUT2D eigenvalue weighted by molar-refractivity contribution is 5.96. The summed E-state index contributed by atoms with van der Waals surface area (Å²) in [6, 6.07) is 14.4. The number of carbonyl (C=O) groups excluding carboxylic acids is 1. The van der Waals surface area contributed by atoms with Crippen molar-refractivity contribution in [2.24, 2.45) is 0 Å². The molecule has 2 N–H and O–H groups in total. The van der Waals surface area contributed by atoms with Gasteiger partial charge < -0.3 is 10.2 Å². The lowest BCUT2D eigenvalue weighted by molar-refractivity contribution is -0.913. The average molecular weight is 297 g/mol. The number of anilines is 1. The van der Waals surface area contributed by atoms with Gasteiger partial charge in [0.1, 0.15) is 0 Å². The Balaban J connectivity index is 1.68. The molecule has 0 spiro atoms. The summed E-state index contributed by atoms with van der Waals surface area (Å²) in [5.41, 5.74) is 0.893. The van der Waals surface area contributed by atoms with Crippen LogP contribution in [0.3, 0.4) is 0 Å². The van der Waals surface area contributed by atoms with E-state index in [1.54, 1.807) is 0 Å². The number of hydrogen-bond acceptors (Lipinski definition) is 1. The van der Waals surface area contributed by atoms with Crippen LogP contribution in [0.25, 0.3) is 10.8 Å². The van der Waals surface area contributed by atoms with Gasteiger partial charge >= 0.3 is 0 Å². The first kappa shape index (κ1) is 15.0. The summed E-state index contributed by atoms with van der Waals surface area (Å²) < 4.78 is 0. The lowest BCUT2D eigenvalue weighted by Crippen LogP contribution is -3.16. The average Bonchev–Trinajstić information content (AvgIpc) is 2.83. The highest BCUT2D eigenvalue weighted by Gasteiger charge is 2.25. The van der Waals surface area contributed by atoms with Gasteiger partial charge in [-0.2, -0.15) is 0 Å². The first-order valence-electron chi connectivity index (χ1n) is 8.38. The van der Waals surface area contributed by atoms with Gasteiger partial charge in [-0.3, -0.25) is 4.79 Å². The molecule has 22 heavy (non-hydrogen) atoms. The molecule has 2 aromatic rings. The second-order valence-electron chi connectivity index (χ2n) is 6.35. The molecule has 1 heterocycles. The highest BCUT2D eigenvalue weighted by atomic mass is 16.2. The van der Waals surface area contributed by atoms with Crippen molar-refractivity contribution in [1.82, 2.24) is 0 Å². The van der Waals surface area contributed by atoms with Crippen molar-refractivity contribution in [2.45, 2.75) is 38.6 Å². The number of likely N-dealkylation sites (tertiary alicyclic amines) is 1. The van der Waals surface area contributed by atoms with Gasteiger partial charge in [0.15, 0.2) is 6.04 Å². The molecule has 3 heteroatoms. The Labute approximate surface area is 132 Å². The zero-order chi connectivity index (χ0) is 15.4. The molecule has 1 saturated heterocycles. The molecular weight excluding hydrogens is 272 g/mol. The minimum absolute atomic E-state index is 0.0181. The van der Waals surface area contributed by atoms with E-state index in [0.29, 0.717) is 0 Å². The summed E-state index contributed by atoms with van der Waals surface area (Å²) >= 11 is 0. The summed E-state index contributed by atoms with van der Waals surface area (Å²) in [7, 11) is 0. The van der Waals surface area contributed by atoms with Gasteiger partial charge in [-0.05, 0) is 55.5 Å². The van der Waals surface area contributed by atoms with E-state index in [9.17, 15) is 4.79 Å². The largest absolute Gasteiger partial charge is 0.325 e. The molecule has 0 aromatic heterocycles. The molecule has 3 rings (SSSR count). The van der Waals surface area contributed by atoms with E-state index in [1.165, 1.54) is 36.0 Å². The molecule has 0 saturated carbocycles. The van der Waals surface area contributed by atoms with Crippen molar-refractivity contribution in [2.75, 3.05) is 18.4 Å². The maximum absolute atomic E-state index is 12.5. The van der Waals surface area contributed by atoms with Crippen molar-refractivity contribution in [3.8, 4) is 0 Å². The first-order valence-corrected chi connectivity index (χ1v) is 8.38. The first-order chi connectivity index (χ1) is 10.7. The summed E-state index contributed by atoms with van der Waals surface area (Å²) in [6.07, 6.45) is 5.09. The van der Waals surface area contributed by atoms with E-state index in [0.717, 1.165) is 24.2 Å². The van der Waals surface area contributed by atoms with Crippen molar-refractivity contribution < 1.29 is 9.69 Å². The second kappa shape index (κ2) is 6.93. The van der Waals surface area contributed by atoms with Crippen molar-refractivity contribution in [3.63, 3.8) is 0 Å². The van der Waals surface area contributed by atoms with Gasteiger partial charge in [-0.1, -0.05) is 30.3 Å². The second-order valence-corrected chi connectivity index (χ2v) is 6.35. The van der Waals surface area contributed by atoms with Crippen LogP contribution in [0.15, 0.2) is 42.5 Å². The van der Waals surface area contributed by atoms with Gasteiger partial charge in [-0.15, -0.1) is 0 Å². The molecule has 0 radical (unpaired) electrons. The van der Waals surface area contributed by atoms with Crippen LogP contribution in [0, 0.1) is 0 Å². The fraction of sp³-hybridized carbons (Fsp3) is 0.421. The molecule has 1 aliphatic heterocycles. The topological polar surface area (TPSA) is 33.5 Å². The lowest BCUT2D eigenvalue weighted by atomic mass is 10.1. The number of carbonyl (C=O) groups is 1. The Morgan fingerprint density at radius 1 is 1.00 bits per heavy atom. The Morgan fingerprint density at radius 3 is 2.41 bits per heavy atom. The molecular formula is C19H25N2O+. The number of fused-ring (bicyclic) bond motifs is 1. The summed E-state index contributed by atoms with van der Waals surface area (Å²) in [5.74, 6) is 0.132. The molecule has 0 aliphatic carbocycles. The van der Waals surface area contributed by atoms with Crippen molar-refractivity contribution in [1.29, 1.82) is 0 Å². The highest BCUT2D eigenvalue weighted by Crippen LogP contribution is 2.18. The number of quaternary nitrogens is 1. The molecule has 2 aromatic carbocycles. The summed E-state index contributed by atoms with van der Waals surface area (Å²) in [5, 5.41) is 5.45. The molecule has 1 amide bonds. The van der Waals surface area contributed by atoms with Crippen LogP contribution in [0.1, 0.15) is 32.6 Å². The quantitative estimate of drug-likeness (QED) is 0.897. The number of hydrogen-bond donors (Lipinski definition) is 2. The number of nitrogens with one attached hydrogen (secondary N) is 2. The zero-order valence-corrected chi connectivity index (χ0v) is 13.3.